The monoisotopic (exact) mass is 359 g/mol. The van der Waals surface area contributed by atoms with Gasteiger partial charge in [-0.05, 0) is 36.2 Å². The van der Waals surface area contributed by atoms with E-state index in [0.29, 0.717) is 16.7 Å². The van der Waals surface area contributed by atoms with Crippen molar-refractivity contribution in [3.8, 4) is 11.4 Å². The Hall–Kier alpha value is -2.73. The lowest BCUT2D eigenvalue weighted by Gasteiger charge is -2.02. The first-order valence-corrected chi connectivity index (χ1v) is 7.99. The van der Waals surface area contributed by atoms with Gasteiger partial charge in [-0.3, -0.25) is 4.79 Å². The van der Waals surface area contributed by atoms with Gasteiger partial charge in [0.1, 0.15) is 5.82 Å². The van der Waals surface area contributed by atoms with E-state index in [2.05, 4.69) is 15.5 Å². The highest BCUT2D eigenvalue weighted by atomic mass is 35.5. The summed E-state index contributed by atoms with van der Waals surface area (Å²) in [5.41, 5.74) is 2.42. The summed E-state index contributed by atoms with van der Waals surface area (Å²) in [5, 5.41) is 7.21. The molecule has 0 bridgehead atoms. The first-order chi connectivity index (χ1) is 12.0. The fourth-order valence-corrected chi connectivity index (χ4v) is 2.38. The van der Waals surface area contributed by atoms with Gasteiger partial charge in [0.15, 0.2) is 0 Å². The second kappa shape index (κ2) is 7.44. The minimum absolute atomic E-state index is 0.118. The lowest BCUT2D eigenvalue weighted by Crippen LogP contribution is -2.24. The van der Waals surface area contributed by atoms with E-state index in [1.54, 1.807) is 18.2 Å². The van der Waals surface area contributed by atoms with Gasteiger partial charge in [0.25, 0.3) is 0 Å². The SMILES string of the molecule is Cc1ccc(-c2noc(CNC(=O)Cc3ccc(F)cc3)n2)cc1Cl. The van der Waals surface area contributed by atoms with E-state index < -0.39 is 0 Å². The molecule has 0 saturated carbocycles. The highest BCUT2D eigenvalue weighted by Crippen LogP contribution is 2.23. The summed E-state index contributed by atoms with van der Waals surface area (Å²) in [6.07, 6.45) is 0.148. The molecule has 1 N–H and O–H groups in total. The number of aromatic nitrogens is 2. The Morgan fingerprint density at radius 2 is 2.00 bits per heavy atom. The average molecular weight is 360 g/mol. The Labute approximate surface area is 148 Å². The molecule has 0 radical (unpaired) electrons. The van der Waals surface area contributed by atoms with Crippen molar-refractivity contribution < 1.29 is 13.7 Å². The molecule has 0 fully saturated rings. The number of benzene rings is 2. The molecule has 128 valence electrons. The van der Waals surface area contributed by atoms with E-state index in [4.69, 9.17) is 16.1 Å². The van der Waals surface area contributed by atoms with Crippen LogP contribution in [-0.4, -0.2) is 16.0 Å². The summed E-state index contributed by atoms with van der Waals surface area (Å²) in [7, 11) is 0. The fourth-order valence-electron chi connectivity index (χ4n) is 2.20. The molecule has 0 saturated heterocycles. The highest BCUT2D eigenvalue weighted by Gasteiger charge is 2.11. The molecule has 0 atom stereocenters. The maximum absolute atomic E-state index is 12.8. The number of rotatable bonds is 5. The third kappa shape index (κ3) is 4.42. The van der Waals surface area contributed by atoms with Crippen molar-refractivity contribution in [2.24, 2.45) is 0 Å². The van der Waals surface area contributed by atoms with Gasteiger partial charge in [0.2, 0.25) is 17.6 Å². The first kappa shape index (κ1) is 17.1. The molecule has 3 aromatic rings. The molecule has 3 rings (SSSR count). The van der Waals surface area contributed by atoms with Crippen molar-refractivity contribution in [1.29, 1.82) is 0 Å². The molecule has 0 aliphatic rings. The number of hydrogen-bond acceptors (Lipinski definition) is 4. The molecule has 1 heterocycles. The molecule has 25 heavy (non-hydrogen) atoms. The van der Waals surface area contributed by atoms with Gasteiger partial charge in [0, 0.05) is 10.6 Å². The van der Waals surface area contributed by atoms with Gasteiger partial charge in [-0.1, -0.05) is 41.0 Å². The van der Waals surface area contributed by atoms with Gasteiger partial charge in [-0.2, -0.15) is 4.98 Å². The minimum atomic E-state index is -0.334. The average Bonchev–Trinajstić information content (AvgIpc) is 3.07. The fraction of sp³-hybridized carbons (Fsp3) is 0.167. The smallest absolute Gasteiger partial charge is 0.246 e. The van der Waals surface area contributed by atoms with Crippen LogP contribution in [-0.2, 0) is 17.8 Å². The van der Waals surface area contributed by atoms with Crippen molar-refractivity contribution in [2.45, 2.75) is 19.9 Å². The molecule has 1 amide bonds. The molecular weight excluding hydrogens is 345 g/mol. The topological polar surface area (TPSA) is 68.0 Å². The third-order valence-electron chi connectivity index (χ3n) is 3.61. The molecule has 0 aliphatic carbocycles. The van der Waals surface area contributed by atoms with E-state index in [9.17, 15) is 9.18 Å². The van der Waals surface area contributed by atoms with Gasteiger partial charge in [-0.25, -0.2) is 4.39 Å². The molecule has 0 spiro atoms. The Kier molecular flexibility index (Phi) is 5.09. The predicted molar refractivity (Wildman–Crippen MR) is 91.4 cm³/mol. The van der Waals surface area contributed by atoms with Crippen LogP contribution >= 0.6 is 11.6 Å². The number of carbonyl (C=O) groups excluding carboxylic acids is 1. The number of nitrogens with one attached hydrogen (secondary N) is 1. The molecule has 0 aliphatic heterocycles. The largest absolute Gasteiger partial charge is 0.347 e. The van der Waals surface area contributed by atoms with Crippen molar-refractivity contribution >= 4 is 17.5 Å². The first-order valence-electron chi connectivity index (χ1n) is 7.61. The zero-order valence-electron chi connectivity index (χ0n) is 13.4. The van der Waals surface area contributed by atoms with Gasteiger partial charge in [-0.15, -0.1) is 0 Å². The molecule has 0 unspecified atom stereocenters. The molecule has 7 heteroatoms. The molecule has 2 aromatic carbocycles. The lowest BCUT2D eigenvalue weighted by molar-refractivity contribution is -0.120. The number of aryl methyl sites for hydroxylation is 1. The van der Waals surface area contributed by atoms with Crippen LogP contribution in [0.25, 0.3) is 11.4 Å². The highest BCUT2D eigenvalue weighted by molar-refractivity contribution is 6.31. The maximum atomic E-state index is 12.8. The summed E-state index contributed by atoms with van der Waals surface area (Å²) >= 11 is 6.09. The molecule has 5 nitrogen and oxygen atoms in total. The van der Waals surface area contributed by atoms with Crippen LogP contribution in [0.15, 0.2) is 47.0 Å². The summed E-state index contributed by atoms with van der Waals surface area (Å²) in [6.45, 7) is 2.02. The van der Waals surface area contributed by atoms with Crippen LogP contribution in [0.1, 0.15) is 17.0 Å². The van der Waals surface area contributed by atoms with Crippen molar-refractivity contribution in [3.05, 3.63) is 70.3 Å². The number of amides is 1. The van der Waals surface area contributed by atoms with Crippen LogP contribution in [0, 0.1) is 12.7 Å². The van der Waals surface area contributed by atoms with Crippen molar-refractivity contribution in [3.63, 3.8) is 0 Å². The Balaban J connectivity index is 1.58. The van der Waals surface area contributed by atoms with Gasteiger partial charge < -0.3 is 9.84 Å². The summed E-state index contributed by atoms with van der Waals surface area (Å²) in [4.78, 5) is 16.2. The Bertz CT molecular complexity index is 894. The molecule has 1 aromatic heterocycles. The van der Waals surface area contributed by atoms with Crippen molar-refractivity contribution in [2.75, 3.05) is 0 Å². The number of carbonyl (C=O) groups is 1. The van der Waals surface area contributed by atoms with E-state index >= 15 is 0 Å². The maximum Gasteiger partial charge on any atom is 0.246 e. The van der Waals surface area contributed by atoms with Crippen LogP contribution in [0.4, 0.5) is 4.39 Å². The zero-order chi connectivity index (χ0) is 17.8. The van der Waals surface area contributed by atoms with Crippen LogP contribution in [0.3, 0.4) is 0 Å². The zero-order valence-corrected chi connectivity index (χ0v) is 14.2. The third-order valence-corrected chi connectivity index (χ3v) is 4.02. The Morgan fingerprint density at radius 1 is 1.24 bits per heavy atom. The quantitative estimate of drug-likeness (QED) is 0.754. The second-order valence-electron chi connectivity index (χ2n) is 5.56. The summed E-state index contributed by atoms with van der Waals surface area (Å²) in [5.74, 6) is 0.146. The van der Waals surface area contributed by atoms with E-state index in [-0.39, 0.29) is 24.7 Å². The van der Waals surface area contributed by atoms with Gasteiger partial charge in [0.05, 0.1) is 13.0 Å². The van der Waals surface area contributed by atoms with Crippen LogP contribution in [0.2, 0.25) is 5.02 Å². The minimum Gasteiger partial charge on any atom is -0.347 e. The lowest BCUT2D eigenvalue weighted by atomic mass is 10.1. The molecular formula is C18H15ClFN3O2. The van der Waals surface area contributed by atoms with E-state index in [0.717, 1.165) is 16.7 Å². The number of hydrogen-bond donors (Lipinski definition) is 1. The van der Waals surface area contributed by atoms with Gasteiger partial charge >= 0.3 is 0 Å². The summed E-state index contributed by atoms with van der Waals surface area (Å²) in [6, 6.07) is 11.3. The summed E-state index contributed by atoms with van der Waals surface area (Å²) < 4.78 is 18.0. The van der Waals surface area contributed by atoms with Crippen molar-refractivity contribution in [1.82, 2.24) is 15.5 Å². The predicted octanol–water partition coefficient (Wildman–Crippen LogP) is 3.70. The Morgan fingerprint density at radius 3 is 2.72 bits per heavy atom. The second-order valence-corrected chi connectivity index (χ2v) is 5.96. The number of halogens is 2. The normalized spacial score (nSPS) is 10.7. The number of nitrogens with zero attached hydrogens (tertiary/aromatic N) is 2. The van der Waals surface area contributed by atoms with E-state index in [1.165, 1.54) is 12.1 Å². The standard InChI is InChI=1S/C18H15ClFN3O2/c1-11-2-5-13(9-15(11)19)18-22-17(25-23-18)10-21-16(24)8-12-3-6-14(20)7-4-12/h2-7,9H,8,10H2,1H3,(H,21,24). The van der Waals surface area contributed by atoms with E-state index in [1.807, 2.05) is 19.1 Å². The van der Waals surface area contributed by atoms with Crippen LogP contribution < -0.4 is 5.32 Å². The van der Waals surface area contributed by atoms with Crippen LogP contribution in [0.5, 0.6) is 0 Å².